The molecule has 5 nitrogen and oxygen atoms in total. The summed E-state index contributed by atoms with van der Waals surface area (Å²) in [6, 6.07) is 14.7. The van der Waals surface area contributed by atoms with Crippen LogP contribution in [0.15, 0.2) is 58.7 Å². The van der Waals surface area contributed by atoms with Gasteiger partial charge in [0.2, 0.25) is 5.91 Å². The highest BCUT2D eigenvalue weighted by atomic mass is 32.1. The van der Waals surface area contributed by atoms with Crippen LogP contribution in [-0.4, -0.2) is 15.7 Å². The maximum Gasteiger partial charge on any atom is 0.267 e. The second-order valence-corrected chi connectivity index (χ2v) is 8.01. The largest absolute Gasteiger partial charge is 0.324 e. The van der Waals surface area contributed by atoms with Crippen LogP contribution in [0.5, 0.6) is 0 Å². The van der Waals surface area contributed by atoms with E-state index in [-0.39, 0.29) is 23.4 Å². The van der Waals surface area contributed by atoms with Gasteiger partial charge in [-0.3, -0.25) is 9.59 Å². The predicted molar refractivity (Wildman–Crippen MR) is 106 cm³/mol. The molecule has 6 heteroatoms. The average molecular weight is 367 g/mol. The normalized spacial score (nSPS) is 11.3. The molecule has 1 aromatic carbocycles. The van der Waals surface area contributed by atoms with Gasteiger partial charge in [0.25, 0.3) is 5.56 Å². The van der Waals surface area contributed by atoms with E-state index in [0.717, 1.165) is 4.88 Å². The van der Waals surface area contributed by atoms with Crippen LogP contribution < -0.4 is 10.9 Å². The molecule has 3 aromatic rings. The van der Waals surface area contributed by atoms with Crippen LogP contribution in [0.4, 0.5) is 5.69 Å². The highest BCUT2D eigenvalue weighted by molar-refractivity contribution is 7.13. The van der Waals surface area contributed by atoms with Crippen molar-refractivity contribution in [2.75, 3.05) is 5.32 Å². The Bertz CT molecular complexity index is 952. The molecule has 0 saturated heterocycles. The number of nitrogens with zero attached hydrogens (tertiary/aromatic N) is 2. The molecule has 0 bridgehead atoms. The Labute approximate surface area is 156 Å². The summed E-state index contributed by atoms with van der Waals surface area (Å²) in [5.41, 5.74) is 2.33. The molecule has 134 valence electrons. The second kappa shape index (κ2) is 7.25. The molecule has 0 aliphatic heterocycles. The number of amides is 1. The number of rotatable bonds is 4. The number of hydrogen-bond donors (Lipinski definition) is 1. The molecule has 0 aliphatic rings. The molecule has 0 radical (unpaired) electrons. The molecule has 1 amide bonds. The molecule has 1 N–H and O–H groups in total. The van der Waals surface area contributed by atoms with E-state index >= 15 is 0 Å². The predicted octanol–water partition coefficient (Wildman–Crippen LogP) is 3.91. The Kier molecular flexibility index (Phi) is 5.04. The Morgan fingerprint density at radius 1 is 1.12 bits per heavy atom. The standard InChI is InChI=1S/C20H21N3O2S/c1-20(2,3)14-6-8-15(9-7-14)21-18(24)13-23-19(25)11-10-16(22-23)17-5-4-12-26-17/h4-12H,13H2,1-3H3,(H,21,24). The summed E-state index contributed by atoms with van der Waals surface area (Å²) >= 11 is 1.54. The van der Waals surface area contributed by atoms with E-state index in [0.29, 0.717) is 11.4 Å². The van der Waals surface area contributed by atoms with Gasteiger partial charge in [0.1, 0.15) is 12.2 Å². The lowest BCUT2D eigenvalue weighted by Gasteiger charge is -2.19. The smallest absolute Gasteiger partial charge is 0.267 e. The van der Waals surface area contributed by atoms with Crippen LogP contribution >= 0.6 is 11.3 Å². The lowest BCUT2D eigenvalue weighted by atomic mass is 9.87. The number of carbonyl (C=O) groups is 1. The number of benzene rings is 1. The highest BCUT2D eigenvalue weighted by Gasteiger charge is 2.13. The molecular weight excluding hydrogens is 346 g/mol. The fourth-order valence-electron chi connectivity index (χ4n) is 2.51. The lowest BCUT2D eigenvalue weighted by Crippen LogP contribution is -2.29. The van der Waals surface area contributed by atoms with Crippen LogP contribution in [0.25, 0.3) is 10.6 Å². The molecule has 26 heavy (non-hydrogen) atoms. The molecule has 0 atom stereocenters. The van der Waals surface area contributed by atoms with Gasteiger partial charge in [0.15, 0.2) is 0 Å². The first kappa shape index (κ1) is 18.1. The van der Waals surface area contributed by atoms with E-state index in [9.17, 15) is 9.59 Å². The van der Waals surface area contributed by atoms with E-state index in [1.165, 1.54) is 27.6 Å². The summed E-state index contributed by atoms with van der Waals surface area (Å²) < 4.78 is 1.19. The van der Waals surface area contributed by atoms with Gasteiger partial charge in [-0.05, 0) is 40.6 Å². The van der Waals surface area contributed by atoms with E-state index in [4.69, 9.17) is 0 Å². The van der Waals surface area contributed by atoms with Crippen molar-refractivity contribution in [2.24, 2.45) is 0 Å². The van der Waals surface area contributed by atoms with Gasteiger partial charge in [0, 0.05) is 11.8 Å². The Balaban J connectivity index is 1.72. The van der Waals surface area contributed by atoms with E-state index in [1.54, 1.807) is 6.07 Å². The number of hydrogen-bond acceptors (Lipinski definition) is 4. The monoisotopic (exact) mass is 367 g/mol. The van der Waals surface area contributed by atoms with Gasteiger partial charge < -0.3 is 5.32 Å². The van der Waals surface area contributed by atoms with E-state index < -0.39 is 0 Å². The van der Waals surface area contributed by atoms with Crippen LogP contribution in [-0.2, 0) is 16.8 Å². The van der Waals surface area contributed by atoms with Crippen molar-refractivity contribution < 1.29 is 4.79 Å². The molecule has 0 fully saturated rings. The minimum absolute atomic E-state index is 0.0575. The first-order chi connectivity index (χ1) is 12.3. The van der Waals surface area contributed by atoms with E-state index in [2.05, 4.69) is 31.2 Å². The summed E-state index contributed by atoms with van der Waals surface area (Å²) in [4.78, 5) is 25.3. The molecule has 2 aromatic heterocycles. The molecule has 0 unspecified atom stereocenters. The summed E-state index contributed by atoms with van der Waals surface area (Å²) in [7, 11) is 0. The van der Waals surface area contributed by atoms with Crippen molar-refractivity contribution in [3.63, 3.8) is 0 Å². The number of anilines is 1. The van der Waals surface area contributed by atoms with Crippen molar-refractivity contribution in [2.45, 2.75) is 32.7 Å². The van der Waals surface area contributed by atoms with Crippen LogP contribution in [0.3, 0.4) is 0 Å². The van der Waals surface area contributed by atoms with Gasteiger partial charge in [0.05, 0.1) is 4.88 Å². The average Bonchev–Trinajstić information content (AvgIpc) is 3.11. The van der Waals surface area contributed by atoms with Crippen LogP contribution in [0.1, 0.15) is 26.3 Å². The molecule has 0 aliphatic carbocycles. The summed E-state index contributed by atoms with van der Waals surface area (Å²) in [6.45, 7) is 6.29. The summed E-state index contributed by atoms with van der Waals surface area (Å²) in [6.07, 6.45) is 0. The van der Waals surface area contributed by atoms with Crippen LogP contribution in [0.2, 0.25) is 0 Å². The Hall–Kier alpha value is -2.73. The molecule has 0 spiro atoms. The fraction of sp³-hybridized carbons (Fsp3) is 0.250. The molecule has 2 heterocycles. The third-order valence-electron chi connectivity index (χ3n) is 3.97. The number of thiophene rings is 1. The highest BCUT2D eigenvalue weighted by Crippen LogP contribution is 2.23. The zero-order valence-corrected chi connectivity index (χ0v) is 15.8. The Morgan fingerprint density at radius 2 is 1.85 bits per heavy atom. The van der Waals surface area contributed by atoms with Crippen molar-refractivity contribution >= 4 is 22.9 Å². The maximum atomic E-state index is 12.3. The summed E-state index contributed by atoms with van der Waals surface area (Å²) in [5.74, 6) is -0.286. The molecule has 0 saturated carbocycles. The van der Waals surface area contributed by atoms with Crippen molar-refractivity contribution in [3.8, 4) is 10.6 Å². The topological polar surface area (TPSA) is 64.0 Å². The zero-order valence-electron chi connectivity index (χ0n) is 15.0. The molecular formula is C20H21N3O2S. The Morgan fingerprint density at radius 3 is 2.46 bits per heavy atom. The maximum absolute atomic E-state index is 12.3. The van der Waals surface area contributed by atoms with Gasteiger partial charge in [-0.1, -0.05) is 39.0 Å². The number of aromatic nitrogens is 2. The summed E-state index contributed by atoms with van der Waals surface area (Å²) in [5, 5.41) is 9.06. The minimum atomic E-state index is -0.302. The fourth-order valence-corrected chi connectivity index (χ4v) is 3.20. The third kappa shape index (κ3) is 4.26. The van der Waals surface area contributed by atoms with Gasteiger partial charge in [-0.2, -0.15) is 5.10 Å². The van der Waals surface area contributed by atoms with Gasteiger partial charge >= 0.3 is 0 Å². The van der Waals surface area contributed by atoms with Crippen molar-refractivity contribution in [3.05, 3.63) is 69.8 Å². The zero-order chi connectivity index (χ0) is 18.7. The number of carbonyl (C=O) groups excluding carboxylic acids is 1. The first-order valence-electron chi connectivity index (χ1n) is 8.35. The third-order valence-corrected chi connectivity index (χ3v) is 4.86. The van der Waals surface area contributed by atoms with Crippen molar-refractivity contribution in [1.29, 1.82) is 0 Å². The van der Waals surface area contributed by atoms with E-state index in [1.807, 2.05) is 41.8 Å². The van der Waals surface area contributed by atoms with Crippen molar-refractivity contribution in [1.82, 2.24) is 9.78 Å². The first-order valence-corrected chi connectivity index (χ1v) is 9.23. The van der Waals surface area contributed by atoms with Gasteiger partial charge in [-0.15, -0.1) is 11.3 Å². The van der Waals surface area contributed by atoms with Gasteiger partial charge in [-0.25, -0.2) is 4.68 Å². The van der Waals surface area contributed by atoms with Crippen LogP contribution in [0, 0.1) is 0 Å². The second-order valence-electron chi connectivity index (χ2n) is 7.07. The lowest BCUT2D eigenvalue weighted by molar-refractivity contribution is -0.117. The quantitative estimate of drug-likeness (QED) is 0.760. The molecule has 3 rings (SSSR count). The number of nitrogens with one attached hydrogen (secondary N) is 1. The minimum Gasteiger partial charge on any atom is -0.324 e. The SMILES string of the molecule is CC(C)(C)c1ccc(NC(=O)Cn2nc(-c3cccs3)ccc2=O)cc1.